The van der Waals surface area contributed by atoms with Crippen LogP contribution < -0.4 is 0 Å². The summed E-state index contributed by atoms with van der Waals surface area (Å²) in [5.41, 5.74) is 0. The van der Waals surface area contributed by atoms with Gasteiger partial charge >= 0.3 is 0 Å². The average Bonchev–Trinajstić information content (AvgIpc) is 2.14. The molecule has 0 N–H and O–H groups in total. The molecule has 0 saturated carbocycles. The van der Waals surface area contributed by atoms with Crippen molar-refractivity contribution in [1.29, 1.82) is 0 Å². The third-order valence-corrected chi connectivity index (χ3v) is 1.76. The molecule has 0 aliphatic carbocycles. The van der Waals surface area contributed by atoms with Crippen LogP contribution in [0, 0.1) is 6.92 Å². The largest absolute Gasteiger partial charge is 0.444 e. The van der Waals surface area contributed by atoms with Crippen LogP contribution in [0.25, 0.3) is 0 Å². The lowest BCUT2D eigenvalue weighted by Crippen LogP contribution is -1.70. The van der Waals surface area contributed by atoms with Crippen molar-refractivity contribution in [3.63, 3.8) is 0 Å². The molecule has 50 valence electrons. The van der Waals surface area contributed by atoms with Crippen LogP contribution >= 0.6 is 31.9 Å². The van der Waals surface area contributed by atoms with E-state index in [-0.39, 0.29) is 3.74 Å². The Hall–Kier alpha value is 0.170. The number of oxazole rings is 1. The van der Waals surface area contributed by atoms with Crippen molar-refractivity contribution in [2.24, 2.45) is 0 Å². The molecule has 0 aliphatic heterocycles. The second-order valence-electron chi connectivity index (χ2n) is 1.58. The molecule has 0 spiro atoms. The smallest absolute Gasteiger partial charge is 0.191 e. The van der Waals surface area contributed by atoms with Gasteiger partial charge in [0.1, 0.15) is 9.50 Å². The molecule has 0 aromatic carbocycles. The molecule has 1 rings (SSSR count). The summed E-state index contributed by atoms with van der Waals surface area (Å²) in [6.07, 6.45) is 1.68. The molecular weight excluding hydrogens is 250 g/mol. The summed E-state index contributed by atoms with van der Waals surface area (Å²) in [6.45, 7) is 1.81. The minimum atomic E-state index is 0.0752. The SMILES string of the molecule is Cc1ncc(C(Br)Br)o1. The molecule has 0 fully saturated rings. The average molecular weight is 255 g/mol. The maximum absolute atomic E-state index is 5.14. The van der Waals surface area contributed by atoms with Crippen molar-refractivity contribution in [1.82, 2.24) is 4.98 Å². The Balaban J connectivity index is 2.85. The van der Waals surface area contributed by atoms with Gasteiger partial charge in [-0.25, -0.2) is 4.98 Å². The van der Waals surface area contributed by atoms with Gasteiger partial charge in [-0.3, -0.25) is 0 Å². The Labute approximate surface area is 69.9 Å². The normalized spacial score (nSPS) is 10.7. The van der Waals surface area contributed by atoms with E-state index in [0.29, 0.717) is 5.89 Å². The Kier molecular flexibility index (Phi) is 2.29. The van der Waals surface area contributed by atoms with E-state index >= 15 is 0 Å². The number of aromatic nitrogens is 1. The van der Waals surface area contributed by atoms with Crippen molar-refractivity contribution < 1.29 is 4.42 Å². The second-order valence-corrected chi connectivity index (χ2v) is 4.64. The monoisotopic (exact) mass is 253 g/mol. The maximum atomic E-state index is 5.14. The number of aryl methyl sites for hydroxylation is 1. The molecule has 1 aromatic rings. The summed E-state index contributed by atoms with van der Waals surface area (Å²) < 4.78 is 5.22. The fourth-order valence-electron chi connectivity index (χ4n) is 0.479. The number of halogens is 2. The van der Waals surface area contributed by atoms with E-state index < -0.39 is 0 Å². The maximum Gasteiger partial charge on any atom is 0.191 e. The van der Waals surface area contributed by atoms with Gasteiger partial charge in [0, 0.05) is 6.92 Å². The zero-order chi connectivity index (χ0) is 6.85. The molecule has 0 amide bonds. The van der Waals surface area contributed by atoms with Gasteiger partial charge in [-0.1, -0.05) is 31.9 Å². The molecule has 1 heterocycles. The van der Waals surface area contributed by atoms with Gasteiger partial charge in [0.05, 0.1) is 6.20 Å². The molecule has 2 nitrogen and oxygen atoms in total. The molecule has 9 heavy (non-hydrogen) atoms. The van der Waals surface area contributed by atoms with Gasteiger partial charge in [-0.15, -0.1) is 0 Å². The first kappa shape index (κ1) is 7.28. The second kappa shape index (κ2) is 2.84. The number of rotatable bonds is 1. The highest BCUT2D eigenvalue weighted by Gasteiger charge is 2.06. The minimum absolute atomic E-state index is 0.0752. The summed E-state index contributed by atoms with van der Waals surface area (Å²) in [7, 11) is 0. The Morgan fingerprint density at radius 2 is 2.33 bits per heavy atom. The molecule has 0 bridgehead atoms. The van der Waals surface area contributed by atoms with Crippen molar-refractivity contribution in [3.8, 4) is 0 Å². The van der Waals surface area contributed by atoms with E-state index in [2.05, 4.69) is 36.8 Å². The highest BCUT2D eigenvalue weighted by molar-refractivity contribution is 9.24. The quantitative estimate of drug-likeness (QED) is 0.721. The number of nitrogens with zero attached hydrogens (tertiary/aromatic N) is 1. The summed E-state index contributed by atoms with van der Waals surface area (Å²) in [5, 5.41) is 0. The van der Waals surface area contributed by atoms with E-state index in [9.17, 15) is 0 Å². The Bertz CT molecular complexity index is 197. The van der Waals surface area contributed by atoms with Crippen molar-refractivity contribution in [3.05, 3.63) is 17.8 Å². The van der Waals surface area contributed by atoms with Crippen LogP contribution in [0.2, 0.25) is 0 Å². The van der Waals surface area contributed by atoms with Crippen LogP contribution in [-0.2, 0) is 0 Å². The van der Waals surface area contributed by atoms with E-state index in [1.165, 1.54) is 0 Å². The predicted octanol–water partition coefficient (Wildman–Crippen LogP) is 2.77. The van der Waals surface area contributed by atoms with Gasteiger partial charge in [0.25, 0.3) is 0 Å². The Morgan fingerprint density at radius 1 is 1.67 bits per heavy atom. The minimum Gasteiger partial charge on any atom is -0.444 e. The van der Waals surface area contributed by atoms with Crippen LogP contribution in [0.3, 0.4) is 0 Å². The standard InChI is InChI=1S/C5H5Br2NO/c1-3-8-2-4(9-3)5(6)7/h2,5H,1H3. The molecule has 1 aromatic heterocycles. The van der Waals surface area contributed by atoms with Gasteiger partial charge in [0.2, 0.25) is 0 Å². The topological polar surface area (TPSA) is 26.0 Å². The first-order valence-corrected chi connectivity index (χ1v) is 4.24. The first-order chi connectivity index (χ1) is 4.20. The summed E-state index contributed by atoms with van der Waals surface area (Å²) in [5.74, 6) is 1.49. The number of alkyl halides is 2. The molecule has 0 radical (unpaired) electrons. The van der Waals surface area contributed by atoms with Crippen LogP contribution in [0.5, 0.6) is 0 Å². The van der Waals surface area contributed by atoms with Crippen LogP contribution in [0.15, 0.2) is 10.6 Å². The summed E-state index contributed by atoms with van der Waals surface area (Å²) in [6, 6.07) is 0. The van der Waals surface area contributed by atoms with E-state index in [4.69, 9.17) is 4.42 Å². The molecule has 4 heteroatoms. The lowest BCUT2D eigenvalue weighted by Gasteiger charge is -1.90. The van der Waals surface area contributed by atoms with E-state index in [1.807, 2.05) is 6.92 Å². The lowest BCUT2D eigenvalue weighted by molar-refractivity contribution is 0.491. The van der Waals surface area contributed by atoms with E-state index in [1.54, 1.807) is 6.20 Å². The fourth-order valence-corrected chi connectivity index (χ4v) is 0.902. The third-order valence-electron chi connectivity index (χ3n) is 0.854. The van der Waals surface area contributed by atoms with E-state index in [0.717, 1.165) is 5.76 Å². The first-order valence-electron chi connectivity index (χ1n) is 2.40. The third kappa shape index (κ3) is 1.79. The van der Waals surface area contributed by atoms with Crippen LogP contribution in [0.1, 0.15) is 15.4 Å². The molecule has 0 atom stereocenters. The van der Waals surface area contributed by atoms with Gasteiger partial charge in [-0.2, -0.15) is 0 Å². The van der Waals surface area contributed by atoms with Gasteiger partial charge < -0.3 is 4.42 Å². The number of hydrogen-bond donors (Lipinski definition) is 0. The lowest BCUT2D eigenvalue weighted by atomic mass is 10.6. The van der Waals surface area contributed by atoms with Crippen molar-refractivity contribution >= 4 is 31.9 Å². The molecule has 0 saturated heterocycles. The Morgan fingerprint density at radius 3 is 2.56 bits per heavy atom. The highest BCUT2D eigenvalue weighted by atomic mass is 79.9. The summed E-state index contributed by atoms with van der Waals surface area (Å²) >= 11 is 6.56. The zero-order valence-electron chi connectivity index (χ0n) is 4.77. The van der Waals surface area contributed by atoms with Gasteiger partial charge in [0.15, 0.2) is 5.89 Å². The molecular formula is C5H5Br2NO. The summed E-state index contributed by atoms with van der Waals surface area (Å²) in [4.78, 5) is 3.91. The van der Waals surface area contributed by atoms with Crippen LogP contribution in [-0.4, -0.2) is 4.98 Å². The zero-order valence-corrected chi connectivity index (χ0v) is 7.94. The molecule has 0 unspecified atom stereocenters. The predicted molar refractivity (Wildman–Crippen MR) is 41.8 cm³/mol. The van der Waals surface area contributed by atoms with Gasteiger partial charge in [-0.05, 0) is 0 Å². The highest BCUT2D eigenvalue weighted by Crippen LogP contribution is 2.28. The number of hydrogen-bond acceptors (Lipinski definition) is 2. The van der Waals surface area contributed by atoms with Crippen molar-refractivity contribution in [2.45, 2.75) is 10.7 Å². The van der Waals surface area contributed by atoms with Crippen molar-refractivity contribution in [2.75, 3.05) is 0 Å². The van der Waals surface area contributed by atoms with Crippen LogP contribution in [0.4, 0.5) is 0 Å². The molecule has 0 aliphatic rings. The fraction of sp³-hybridized carbons (Fsp3) is 0.400.